The summed E-state index contributed by atoms with van der Waals surface area (Å²) in [5, 5.41) is 6.92. The lowest BCUT2D eigenvalue weighted by molar-refractivity contribution is -0.134. The molecule has 2 aliphatic heterocycles. The van der Waals surface area contributed by atoms with Crippen molar-refractivity contribution in [3.8, 4) is 0 Å². The molecule has 0 aromatic heterocycles. The molecule has 7 heteroatoms. The van der Waals surface area contributed by atoms with E-state index in [9.17, 15) is 4.79 Å². The molecule has 1 unspecified atom stereocenters. The fourth-order valence-corrected chi connectivity index (χ4v) is 4.86. The van der Waals surface area contributed by atoms with Crippen LogP contribution in [0.15, 0.2) is 29.3 Å². The van der Waals surface area contributed by atoms with Crippen LogP contribution in [-0.2, 0) is 22.6 Å². The minimum Gasteiger partial charge on any atom is -0.379 e. The van der Waals surface area contributed by atoms with Crippen molar-refractivity contribution in [1.29, 1.82) is 0 Å². The van der Waals surface area contributed by atoms with E-state index in [-0.39, 0.29) is 12.0 Å². The van der Waals surface area contributed by atoms with Crippen molar-refractivity contribution in [3.63, 3.8) is 0 Å². The first-order valence-corrected chi connectivity index (χ1v) is 11.8. The number of hydrogen-bond acceptors (Lipinski definition) is 4. The van der Waals surface area contributed by atoms with Gasteiger partial charge < -0.3 is 20.3 Å². The molecule has 4 rings (SSSR count). The molecule has 0 bridgehead atoms. The summed E-state index contributed by atoms with van der Waals surface area (Å²) in [6.07, 6.45) is 5.53. The van der Waals surface area contributed by atoms with E-state index < -0.39 is 0 Å². The zero-order valence-corrected chi connectivity index (χ0v) is 18.8. The van der Waals surface area contributed by atoms with Crippen LogP contribution in [0.3, 0.4) is 0 Å². The Bertz CT molecular complexity index is 739. The first-order valence-electron chi connectivity index (χ1n) is 11.8. The molecule has 1 aromatic rings. The number of carbonyl (C=O) groups is 1. The number of likely N-dealkylation sites (tertiary alicyclic amines) is 1. The van der Waals surface area contributed by atoms with Crippen molar-refractivity contribution in [2.24, 2.45) is 10.9 Å². The molecule has 0 spiro atoms. The predicted octanol–water partition coefficient (Wildman–Crippen LogP) is 1.97. The highest BCUT2D eigenvalue weighted by molar-refractivity contribution is 5.81. The molecule has 3 aliphatic rings. The lowest BCUT2D eigenvalue weighted by Gasteiger charge is -2.26. The maximum absolute atomic E-state index is 12.7. The van der Waals surface area contributed by atoms with Crippen molar-refractivity contribution in [2.75, 3.05) is 46.4 Å². The molecule has 2 N–H and O–H groups in total. The highest BCUT2D eigenvalue weighted by Crippen LogP contribution is 2.27. The van der Waals surface area contributed by atoms with Gasteiger partial charge in [0.1, 0.15) is 0 Å². The molecule has 7 nitrogen and oxygen atoms in total. The van der Waals surface area contributed by atoms with E-state index in [4.69, 9.17) is 4.74 Å². The Kier molecular flexibility index (Phi) is 7.81. The molecule has 3 fully saturated rings. The molecule has 0 radical (unpaired) electrons. The van der Waals surface area contributed by atoms with Crippen molar-refractivity contribution in [1.82, 2.24) is 20.4 Å². The van der Waals surface area contributed by atoms with Gasteiger partial charge in [0, 0.05) is 58.3 Å². The predicted molar refractivity (Wildman–Crippen MR) is 123 cm³/mol. The van der Waals surface area contributed by atoms with Crippen molar-refractivity contribution < 1.29 is 9.53 Å². The molecule has 2 heterocycles. The molecule has 1 aromatic carbocycles. The zero-order valence-electron chi connectivity index (χ0n) is 18.8. The van der Waals surface area contributed by atoms with E-state index in [1.165, 1.54) is 24.0 Å². The van der Waals surface area contributed by atoms with Gasteiger partial charge in [-0.1, -0.05) is 37.1 Å². The number of nitrogens with zero attached hydrogens (tertiary/aromatic N) is 3. The van der Waals surface area contributed by atoms with Crippen molar-refractivity contribution >= 4 is 11.9 Å². The smallest absolute Gasteiger partial charge is 0.225 e. The van der Waals surface area contributed by atoms with Gasteiger partial charge in [-0.2, -0.15) is 0 Å². The van der Waals surface area contributed by atoms with Crippen LogP contribution in [-0.4, -0.2) is 74.1 Å². The second kappa shape index (κ2) is 11.0. The zero-order chi connectivity index (χ0) is 21.5. The molecule has 1 aliphatic carbocycles. The summed E-state index contributed by atoms with van der Waals surface area (Å²) in [5.41, 5.74) is 2.57. The number of ether oxygens (including phenoxy) is 1. The van der Waals surface area contributed by atoms with Crippen LogP contribution in [0.25, 0.3) is 0 Å². The van der Waals surface area contributed by atoms with Crippen LogP contribution >= 0.6 is 0 Å². The fourth-order valence-electron chi connectivity index (χ4n) is 4.86. The fraction of sp³-hybridized carbons (Fsp3) is 0.667. The van der Waals surface area contributed by atoms with Crippen molar-refractivity contribution in [2.45, 2.75) is 51.2 Å². The van der Waals surface area contributed by atoms with E-state index in [0.29, 0.717) is 5.91 Å². The van der Waals surface area contributed by atoms with Gasteiger partial charge in [-0.05, 0) is 30.4 Å². The van der Waals surface area contributed by atoms with E-state index in [0.717, 1.165) is 77.7 Å². The van der Waals surface area contributed by atoms with Gasteiger partial charge in [0.15, 0.2) is 5.96 Å². The summed E-state index contributed by atoms with van der Waals surface area (Å²) in [5.74, 6) is 1.43. The van der Waals surface area contributed by atoms with Crippen LogP contribution in [0.4, 0.5) is 0 Å². The van der Waals surface area contributed by atoms with E-state index in [2.05, 4.69) is 44.8 Å². The third-order valence-electron chi connectivity index (χ3n) is 6.76. The molecule has 1 amide bonds. The molecule has 1 atom stereocenters. The minimum atomic E-state index is 0.266. The number of rotatable bonds is 6. The summed E-state index contributed by atoms with van der Waals surface area (Å²) >= 11 is 0. The highest BCUT2D eigenvalue weighted by atomic mass is 16.5. The summed E-state index contributed by atoms with van der Waals surface area (Å²) in [4.78, 5) is 21.5. The Morgan fingerprint density at radius 3 is 2.48 bits per heavy atom. The average molecular weight is 428 g/mol. The number of hydrogen-bond donors (Lipinski definition) is 2. The third kappa shape index (κ3) is 6.20. The van der Waals surface area contributed by atoms with E-state index in [1.807, 2.05) is 4.90 Å². The van der Waals surface area contributed by atoms with Crippen LogP contribution in [0.2, 0.25) is 0 Å². The van der Waals surface area contributed by atoms with E-state index >= 15 is 0 Å². The van der Waals surface area contributed by atoms with Crippen molar-refractivity contribution in [3.05, 3.63) is 35.4 Å². The molecule has 31 heavy (non-hydrogen) atoms. The lowest BCUT2D eigenvalue weighted by atomic mass is 10.1. The number of guanidine groups is 1. The maximum Gasteiger partial charge on any atom is 0.225 e. The van der Waals surface area contributed by atoms with Gasteiger partial charge in [0.05, 0.1) is 13.2 Å². The van der Waals surface area contributed by atoms with Crippen LogP contribution in [0.5, 0.6) is 0 Å². The van der Waals surface area contributed by atoms with Crippen LogP contribution < -0.4 is 10.6 Å². The summed E-state index contributed by atoms with van der Waals surface area (Å²) < 4.78 is 5.42. The Morgan fingerprint density at radius 2 is 1.77 bits per heavy atom. The minimum absolute atomic E-state index is 0.266. The standard InChI is InChI=1S/C24H37N5O2/c1-25-24(27-22-10-11-29(18-22)23(30)21-4-2-3-5-21)26-16-19-6-8-20(9-7-19)17-28-12-14-31-15-13-28/h6-9,21-22H,2-5,10-18H2,1H3,(H2,25,26,27). The Morgan fingerprint density at radius 1 is 1.06 bits per heavy atom. The Balaban J connectivity index is 1.20. The SMILES string of the molecule is CN=C(NCc1ccc(CN2CCOCC2)cc1)NC1CCN(C(=O)C2CCCC2)C1. The number of morpholine rings is 1. The maximum atomic E-state index is 12.7. The monoisotopic (exact) mass is 427 g/mol. The first-order chi connectivity index (χ1) is 15.2. The number of benzene rings is 1. The number of amides is 1. The Hall–Kier alpha value is -2.12. The lowest BCUT2D eigenvalue weighted by Crippen LogP contribution is -2.45. The number of nitrogens with one attached hydrogen (secondary N) is 2. The van der Waals surface area contributed by atoms with Gasteiger partial charge in [-0.3, -0.25) is 14.7 Å². The quantitative estimate of drug-likeness (QED) is 0.537. The average Bonchev–Trinajstić information content (AvgIpc) is 3.50. The molecule has 1 saturated carbocycles. The van der Waals surface area contributed by atoms with Crippen LogP contribution in [0, 0.1) is 5.92 Å². The Labute approximate surface area is 186 Å². The summed E-state index contributed by atoms with van der Waals surface area (Å²) in [6.45, 7) is 7.05. The van der Waals surface area contributed by atoms with Gasteiger partial charge in [-0.25, -0.2) is 0 Å². The van der Waals surface area contributed by atoms with Gasteiger partial charge in [0.2, 0.25) is 5.91 Å². The van der Waals surface area contributed by atoms with Gasteiger partial charge >= 0.3 is 0 Å². The second-order valence-electron chi connectivity index (χ2n) is 9.03. The highest BCUT2D eigenvalue weighted by Gasteiger charge is 2.32. The third-order valence-corrected chi connectivity index (χ3v) is 6.76. The molecular weight excluding hydrogens is 390 g/mol. The summed E-state index contributed by atoms with van der Waals surface area (Å²) in [6, 6.07) is 9.08. The number of aliphatic imine (C=N–C) groups is 1. The van der Waals surface area contributed by atoms with Gasteiger partial charge in [0.25, 0.3) is 0 Å². The molecule has 2 saturated heterocycles. The first kappa shape index (κ1) is 22.1. The van der Waals surface area contributed by atoms with Gasteiger partial charge in [-0.15, -0.1) is 0 Å². The topological polar surface area (TPSA) is 69.2 Å². The second-order valence-corrected chi connectivity index (χ2v) is 9.03. The number of carbonyl (C=O) groups excluding carboxylic acids is 1. The normalized spacial score (nSPS) is 23.3. The van der Waals surface area contributed by atoms with E-state index in [1.54, 1.807) is 7.05 Å². The largest absolute Gasteiger partial charge is 0.379 e. The molecular formula is C24H37N5O2. The summed E-state index contributed by atoms with van der Waals surface area (Å²) in [7, 11) is 1.80. The van der Waals surface area contributed by atoms with Crippen LogP contribution in [0.1, 0.15) is 43.2 Å². The molecule has 170 valence electrons.